The van der Waals surface area contributed by atoms with Crippen LogP contribution in [0.5, 0.6) is 11.5 Å². The molecule has 2 heterocycles. The molecule has 1 aliphatic rings. The summed E-state index contributed by atoms with van der Waals surface area (Å²) in [6, 6.07) is 17.0. The third-order valence-corrected chi connectivity index (χ3v) is 5.10. The molecule has 0 radical (unpaired) electrons. The monoisotopic (exact) mass is 383 g/mol. The molecule has 0 atom stereocenters. The van der Waals surface area contributed by atoms with Crippen LogP contribution in [0, 0.1) is 0 Å². The number of hydrogen-bond donors (Lipinski definition) is 1. The van der Waals surface area contributed by atoms with Gasteiger partial charge in [-0.1, -0.05) is 18.2 Å². The van der Waals surface area contributed by atoms with Crippen LogP contribution >= 0.6 is 0 Å². The van der Waals surface area contributed by atoms with Gasteiger partial charge in [-0.25, -0.2) is 4.79 Å². The molecule has 0 saturated carbocycles. The van der Waals surface area contributed by atoms with Gasteiger partial charge in [0.25, 0.3) is 0 Å². The second-order valence-corrected chi connectivity index (χ2v) is 6.94. The fraction of sp³-hybridized carbons (Fsp3) is 0.0870. The van der Waals surface area contributed by atoms with Gasteiger partial charge in [0.1, 0.15) is 11.5 Å². The van der Waals surface area contributed by atoms with Crippen LogP contribution < -0.4 is 4.74 Å². The number of aryl methyl sites for hydroxylation is 1. The second-order valence-electron chi connectivity index (χ2n) is 6.94. The largest absolute Gasteiger partial charge is 0.478 e. The molecule has 0 amide bonds. The number of allylic oxidation sites excluding steroid dienone is 1. The van der Waals surface area contributed by atoms with E-state index >= 15 is 0 Å². The normalized spacial score (nSPS) is 12.7. The Kier molecular flexibility index (Phi) is 3.91. The van der Waals surface area contributed by atoms with E-state index in [1.807, 2.05) is 66.3 Å². The van der Waals surface area contributed by atoms with Crippen molar-refractivity contribution in [3.63, 3.8) is 0 Å². The van der Waals surface area contributed by atoms with Crippen molar-refractivity contribution in [1.29, 1.82) is 0 Å². The van der Waals surface area contributed by atoms with Gasteiger partial charge in [-0.15, -0.1) is 0 Å². The van der Waals surface area contributed by atoms with Crippen molar-refractivity contribution in [2.75, 3.05) is 0 Å². The number of carbonyl (C=O) groups is 1. The molecular weight excluding hydrogens is 366 g/mol. The number of benzene rings is 2. The lowest BCUT2D eigenvalue weighted by Gasteiger charge is -2.06. The lowest BCUT2D eigenvalue weighted by atomic mass is 10.0. The summed E-state index contributed by atoms with van der Waals surface area (Å²) >= 11 is 0. The van der Waals surface area contributed by atoms with Crippen molar-refractivity contribution in [1.82, 2.24) is 14.8 Å². The first kappa shape index (κ1) is 17.2. The minimum atomic E-state index is -0.938. The van der Waals surface area contributed by atoms with E-state index in [2.05, 4.69) is 4.98 Å². The molecular formula is C23H17N3O3. The van der Waals surface area contributed by atoms with Crippen molar-refractivity contribution < 1.29 is 14.6 Å². The summed E-state index contributed by atoms with van der Waals surface area (Å²) in [7, 11) is 1.89. The molecule has 0 aliphatic heterocycles. The Hall–Kier alpha value is -3.93. The first-order chi connectivity index (χ1) is 14.1. The maximum atomic E-state index is 11.5. The lowest BCUT2D eigenvalue weighted by molar-refractivity contribution is 0.0695. The Morgan fingerprint density at radius 2 is 1.93 bits per heavy atom. The maximum Gasteiger partial charge on any atom is 0.336 e. The second kappa shape index (κ2) is 6.60. The Bertz CT molecular complexity index is 1290. The molecule has 0 spiro atoms. The molecule has 6 nitrogen and oxygen atoms in total. The van der Waals surface area contributed by atoms with Crippen molar-refractivity contribution >= 4 is 28.5 Å². The van der Waals surface area contributed by atoms with Gasteiger partial charge in [0, 0.05) is 31.1 Å². The van der Waals surface area contributed by atoms with Gasteiger partial charge in [0.15, 0.2) is 0 Å². The standard InChI is InChI=1S/C23H17N3O3/c1-26-21-13-16(29-15-5-3-2-4-6-15)7-8-18(21)22(25-26)14-11-19-17(23(27)28)9-10-24-20(19)12-14/h2-10,12-13H,11H2,1H3,(H,27,28). The number of pyridine rings is 1. The number of carboxylic acid groups (broad SMARTS) is 1. The van der Waals surface area contributed by atoms with Crippen LogP contribution in [-0.2, 0) is 13.5 Å². The summed E-state index contributed by atoms with van der Waals surface area (Å²) in [5.74, 6) is 0.569. The van der Waals surface area contributed by atoms with Crippen LogP contribution in [0.4, 0.5) is 0 Å². The van der Waals surface area contributed by atoms with E-state index in [1.54, 1.807) is 6.07 Å². The molecule has 1 N–H and O–H groups in total. The first-order valence-corrected chi connectivity index (χ1v) is 9.22. The smallest absolute Gasteiger partial charge is 0.336 e. The summed E-state index contributed by atoms with van der Waals surface area (Å²) in [5.41, 5.74) is 4.46. The van der Waals surface area contributed by atoms with Crippen molar-refractivity contribution in [2.24, 2.45) is 7.05 Å². The molecule has 0 unspecified atom stereocenters. The summed E-state index contributed by atoms with van der Waals surface area (Å²) in [6.07, 6.45) is 3.96. The zero-order chi connectivity index (χ0) is 20.0. The summed E-state index contributed by atoms with van der Waals surface area (Å²) in [4.78, 5) is 15.9. The van der Waals surface area contributed by atoms with Crippen molar-refractivity contribution in [2.45, 2.75) is 6.42 Å². The van der Waals surface area contributed by atoms with Gasteiger partial charge >= 0.3 is 5.97 Å². The molecule has 2 aromatic carbocycles. The van der Waals surface area contributed by atoms with Gasteiger partial charge in [-0.2, -0.15) is 5.10 Å². The average molecular weight is 383 g/mol. The van der Waals surface area contributed by atoms with Gasteiger partial charge in [0.2, 0.25) is 0 Å². The van der Waals surface area contributed by atoms with Crippen LogP contribution in [0.15, 0.2) is 60.8 Å². The number of nitrogens with zero attached hydrogens (tertiary/aromatic N) is 3. The molecule has 1 aliphatic carbocycles. The Morgan fingerprint density at radius 3 is 2.72 bits per heavy atom. The van der Waals surface area contributed by atoms with Gasteiger partial charge in [0.05, 0.1) is 22.5 Å². The third-order valence-electron chi connectivity index (χ3n) is 5.10. The summed E-state index contributed by atoms with van der Waals surface area (Å²) in [5, 5.41) is 15.1. The Labute approximate surface area is 166 Å². The van der Waals surface area contributed by atoms with Gasteiger partial charge in [-0.3, -0.25) is 9.67 Å². The van der Waals surface area contributed by atoms with Crippen LogP contribution in [-0.4, -0.2) is 25.8 Å². The van der Waals surface area contributed by atoms with E-state index in [0.29, 0.717) is 17.7 Å². The van der Waals surface area contributed by atoms with Crippen LogP contribution in [0.2, 0.25) is 0 Å². The molecule has 142 valence electrons. The van der Waals surface area contributed by atoms with Crippen LogP contribution in [0.25, 0.3) is 22.6 Å². The molecule has 29 heavy (non-hydrogen) atoms. The number of fused-ring (bicyclic) bond motifs is 2. The number of para-hydroxylation sites is 1. The average Bonchev–Trinajstić information content (AvgIpc) is 3.29. The van der Waals surface area contributed by atoms with E-state index in [4.69, 9.17) is 9.84 Å². The highest BCUT2D eigenvalue weighted by Crippen LogP contribution is 2.36. The molecule has 0 fully saturated rings. The molecule has 4 aromatic rings. The van der Waals surface area contributed by atoms with Gasteiger partial charge in [-0.05, 0) is 47.5 Å². The number of aromatic carboxylic acids is 1. The minimum absolute atomic E-state index is 0.292. The predicted octanol–water partition coefficient (Wildman–Crippen LogP) is 4.56. The fourth-order valence-corrected chi connectivity index (χ4v) is 3.74. The van der Waals surface area contributed by atoms with Crippen molar-refractivity contribution in [3.05, 3.63) is 83.3 Å². The Morgan fingerprint density at radius 1 is 1.10 bits per heavy atom. The van der Waals surface area contributed by atoms with Crippen LogP contribution in [0.3, 0.4) is 0 Å². The highest BCUT2D eigenvalue weighted by atomic mass is 16.5. The van der Waals surface area contributed by atoms with Crippen LogP contribution in [0.1, 0.15) is 27.3 Å². The Balaban J connectivity index is 1.52. The van der Waals surface area contributed by atoms with E-state index in [1.165, 1.54) is 6.20 Å². The minimum Gasteiger partial charge on any atom is -0.478 e. The first-order valence-electron chi connectivity index (χ1n) is 9.22. The molecule has 0 saturated heterocycles. The summed E-state index contributed by atoms with van der Waals surface area (Å²) < 4.78 is 7.76. The molecule has 5 rings (SSSR count). The van der Waals surface area contributed by atoms with E-state index in [-0.39, 0.29) is 0 Å². The zero-order valence-corrected chi connectivity index (χ0v) is 15.7. The lowest BCUT2D eigenvalue weighted by Crippen LogP contribution is -2.03. The van der Waals surface area contributed by atoms with E-state index in [0.717, 1.165) is 39.2 Å². The fourth-order valence-electron chi connectivity index (χ4n) is 3.74. The van der Waals surface area contributed by atoms with E-state index < -0.39 is 5.97 Å². The number of carboxylic acids is 1. The predicted molar refractivity (Wildman–Crippen MR) is 110 cm³/mol. The SMILES string of the molecule is Cn1nc(C2=Cc3nccc(C(=O)O)c3C2)c2ccc(Oc3ccccc3)cc21. The maximum absolute atomic E-state index is 11.5. The highest BCUT2D eigenvalue weighted by Gasteiger charge is 2.24. The summed E-state index contributed by atoms with van der Waals surface area (Å²) in [6.45, 7) is 0. The van der Waals surface area contributed by atoms with Crippen molar-refractivity contribution in [3.8, 4) is 11.5 Å². The zero-order valence-electron chi connectivity index (χ0n) is 15.7. The number of hydrogen-bond acceptors (Lipinski definition) is 4. The van der Waals surface area contributed by atoms with Gasteiger partial charge < -0.3 is 9.84 Å². The third kappa shape index (κ3) is 2.95. The van der Waals surface area contributed by atoms with E-state index in [9.17, 15) is 9.90 Å². The number of ether oxygens (including phenoxy) is 1. The topological polar surface area (TPSA) is 77.2 Å². The molecule has 2 aromatic heterocycles. The number of aromatic nitrogens is 3. The number of rotatable bonds is 4. The highest BCUT2D eigenvalue weighted by molar-refractivity contribution is 6.00. The molecule has 0 bridgehead atoms. The quantitative estimate of drug-likeness (QED) is 0.559. The molecule has 6 heteroatoms.